The van der Waals surface area contributed by atoms with E-state index >= 15 is 0 Å². The van der Waals surface area contributed by atoms with Gasteiger partial charge in [0.2, 0.25) is 5.91 Å². The standard InChI is InChI=1S/C13H11NO4/c1-6(15)10-12(17)8-4-3-5-9(14-7(2)16)11(8)13(10)18/h3-5,10H,1-2H3,(H,14,16). The summed E-state index contributed by atoms with van der Waals surface area (Å²) < 4.78 is 0. The van der Waals surface area contributed by atoms with Crippen molar-refractivity contribution in [2.24, 2.45) is 5.92 Å². The van der Waals surface area contributed by atoms with Crippen molar-refractivity contribution in [3.8, 4) is 0 Å². The summed E-state index contributed by atoms with van der Waals surface area (Å²) in [5, 5.41) is 2.49. The second-order valence-electron chi connectivity index (χ2n) is 4.18. The highest BCUT2D eigenvalue weighted by molar-refractivity contribution is 6.36. The maximum Gasteiger partial charge on any atom is 0.221 e. The van der Waals surface area contributed by atoms with Crippen LogP contribution in [0.3, 0.4) is 0 Å². The van der Waals surface area contributed by atoms with E-state index in [-0.39, 0.29) is 22.7 Å². The highest BCUT2D eigenvalue weighted by Crippen LogP contribution is 2.32. The summed E-state index contributed by atoms with van der Waals surface area (Å²) in [5.41, 5.74) is 0.617. The molecule has 0 fully saturated rings. The minimum atomic E-state index is -1.25. The Labute approximate surface area is 103 Å². The highest BCUT2D eigenvalue weighted by atomic mass is 16.2. The highest BCUT2D eigenvalue weighted by Gasteiger charge is 2.42. The van der Waals surface area contributed by atoms with E-state index in [0.717, 1.165) is 0 Å². The number of nitrogens with one attached hydrogen (secondary N) is 1. The minimum absolute atomic E-state index is 0.137. The molecule has 1 unspecified atom stereocenters. The van der Waals surface area contributed by atoms with Crippen LogP contribution in [0.4, 0.5) is 5.69 Å². The maximum absolute atomic E-state index is 12.1. The largest absolute Gasteiger partial charge is 0.326 e. The van der Waals surface area contributed by atoms with E-state index < -0.39 is 23.3 Å². The molecule has 5 heteroatoms. The summed E-state index contributed by atoms with van der Waals surface area (Å²) >= 11 is 0. The van der Waals surface area contributed by atoms with Gasteiger partial charge in [-0.1, -0.05) is 12.1 Å². The first-order valence-electron chi connectivity index (χ1n) is 5.43. The van der Waals surface area contributed by atoms with Crippen LogP contribution in [0, 0.1) is 5.92 Å². The van der Waals surface area contributed by atoms with Crippen LogP contribution in [0.5, 0.6) is 0 Å². The third kappa shape index (κ3) is 1.73. The number of benzene rings is 1. The summed E-state index contributed by atoms with van der Waals surface area (Å²) in [6, 6.07) is 4.59. The number of Topliss-reactive ketones (excluding diaryl/α,β-unsaturated/α-hetero) is 3. The van der Waals surface area contributed by atoms with Crippen LogP contribution >= 0.6 is 0 Å². The van der Waals surface area contributed by atoms with E-state index in [1.165, 1.54) is 26.0 Å². The Bertz CT molecular complexity index is 589. The SMILES string of the molecule is CC(=O)Nc1cccc2c1C(=O)C(C(C)=O)C2=O. The number of amides is 1. The van der Waals surface area contributed by atoms with Gasteiger partial charge in [-0.2, -0.15) is 0 Å². The van der Waals surface area contributed by atoms with Gasteiger partial charge in [0.1, 0.15) is 11.7 Å². The Morgan fingerprint density at radius 2 is 1.78 bits per heavy atom. The van der Waals surface area contributed by atoms with Gasteiger partial charge in [-0.05, 0) is 13.0 Å². The molecule has 92 valence electrons. The quantitative estimate of drug-likeness (QED) is 0.794. The Morgan fingerprint density at radius 3 is 2.33 bits per heavy atom. The van der Waals surface area contributed by atoms with Crippen LogP contribution < -0.4 is 5.32 Å². The zero-order valence-electron chi connectivity index (χ0n) is 9.94. The van der Waals surface area contributed by atoms with Crippen molar-refractivity contribution in [3.05, 3.63) is 29.3 Å². The van der Waals surface area contributed by atoms with Crippen LogP contribution in [0.15, 0.2) is 18.2 Å². The van der Waals surface area contributed by atoms with E-state index in [9.17, 15) is 19.2 Å². The van der Waals surface area contributed by atoms with Gasteiger partial charge in [0.25, 0.3) is 0 Å². The second-order valence-corrected chi connectivity index (χ2v) is 4.18. The second kappa shape index (κ2) is 4.18. The van der Waals surface area contributed by atoms with E-state index in [2.05, 4.69) is 5.32 Å². The van der Waals surface area contributed by atoms with Crippen molar-refractivity contribution < 1.29 is 19.2 Å². The number of carbonyl (C=O) groups is 4. The average Bonchev–Trinajstić information content (AvgIpc) is 2.51. The molecule has 0 radical (unpaired) electrons. The van der Waals surface area contributed by atoms with Crippen LogP contribution in [0.1, 0.15) is 34.6 Å². The molecule has 1 aromatic carbocycles. The van der Waals surface area contributed by atoms with Crippen molar-refractivity contribution in [1.29, 1.82) is 0 Å². The number of rotatable bonds is 2. The molecule has 0 aliphatic heterocycles. The van der Waals surface area contributed by atoms with E-state index in [1.54, 1.807) is 6.07 Å². The summed E-state index contributed by atoms with van der Waals surface area (Å²) in [6.07, 6.45) is 0. The number of carbonyl (C=O) groups excluding carboxylic acids is 4. The molecular formula is C13H11NO4. The first-order valence-corrected chi connectivity index (χ1v) is 5.43. The molecule has 1 N–H and O–H groups in total. The first kappa shape index (κ1) is 12.2. The minimum Gasteiger partial charge on any atom is -0.326 e. The average molecular weight is 245 g/mol. The fraction of sp³-hybridized carbons (Fsp3) is 0.231. The Balaban J connectivity index is 2.57. The molecule has 1 aliphatic rings. The molecule has 0 spiro atoms. The summed E-state index contributed by atoms with van der Waals surface area (Å²) in [6.45, 7) is 2.52. The lowest BCUT2D eigenvalue weighted by Gasteiger charge is -2.06. The van der Waals surface area contributed by atoms with Gasteiger partial charge in [-0.15, -0.1) is 0 Å². The molecule has 0 heterocycles. The fourth-order valence-corrected chi connectivity index (χ4v) is 2.11. The molecular weight excluding hydrogens is 234 g/mol. The molecule has 0 aromatic heterocycles. The number of fused-ring (bicyclic) bond motifs is 1. The summed E-state index contributed by atoms with van der Waals surface area (Å²) in [7, 11) is 0. The molecule has 1 amide bonds. The van der Waals surface area contributed by atoms with Crippen molar-refractivity contribution in [3.63, 3.8) is 0 Å². The van der Waals surface area contributed by atoms with Crippen LogP contribution in [-0.2, 0) is 9.59 Å². The smallest absolute Gasteiger partial charge is 0.221 e. The predicted octanol–water partition coefficient (Wildman–Crippen LogP) is 1.23. The summed E-state index contributed by atoms with van der Waals surface area (Å²) in [4.78, 5) is 46.4. The summed E-state index contributed by atoms with van der Waals surface area (Å²) in [5.74, 6) is -3.10. The number of ketones is 3. The first-order chi connectivity index (χ1) is 8.43. The third-order valence-corrected chi connectivity index (χ3v) is 2.82. The van der Waals surface area contributed by atoms with Gasteiger partial charge in [0, 0.05) is 12.5 Å². The van der Waals surface area contributed by atoms with Crippen molar-refractivity contribution in [2.75, 3.05) is 5.32 Å². The number of anilines is 1. The zero-order chi connectivity index (χ0) is 13.4. The molecule has 0 saturated carbocycles. The van der Waals surface area contributed by atoms with E-state index in [4.69, 9.17) is 0 Å². The van der Waals surface area contributed by atoms with Gasteiger partial charge < -0.3 is 5.32 Å². The Morgan fingerprint density at radius 1 is 1.11 bits per heavy atom. The van der Waals surface area contributed by atoms with Gasteiger partial charge >= 0.3 is 0 Å². The number of hydrogen-bond acceptors (Lipinski definition) is 4. The number of hydrogen-bond donors (Lipinski definition) is 1. The van der Waals surface area contributed by atoms with Gasteiger partial charge in [-0.25, -0.2) is 0 Å². The molecule has 5 nitrogen and oxygen atoms in total. The lowest BCUT2D eigenvalue weighted by atomic mass is 10.00. The van der Waals surface area contributed by atoms with Crippen molar-refractivity contribution in [1.82, 2.24) is 0 Å². The van der Waals surface area contributed by atoms with Gasteiger partial charge in [0.05, 0.1) is 11.3 Å². The van der Waals surface area contributed by atoms with Gasteiger partial charge in [-0.3, -0.25) is 19.2 Å². The van der Waals surface area contributed by atoms with Crippen LogP contribution in [0.25, 0.3) is 0 Å². The molecule has 18 heavy (non-hydrogen) atoms. The maximum atomic E-state index is 12.1. The van der Waals surface area contributed by atoms with E-state index in [1.807, 2.05) is 0 Å². The Hall–Kier alpha value is -2.30. The lowest BCUT2D eigenvalue weighted by Crippen LogP contribution is -2.23. The molecule has 1 aliphatic carbocycles. The Kier molecular flexibility index (Phi) is 2.82. The lowest BCUT2D eigenvalue weighted by molar-refractivity contribution is -0.118. The van der Waals surface area contributed by atoms with Crippen molar-refractivity contribution in [2.45, 2.75) is 13.8 Å². The van der Waals surface area contributed by atoms with Crippen LogP contribution in [0.2, 0.25) is 0 Å². The molecule has 0 saturated heterocycles. The monoisotopic (exact) mass is 245 g/mol. The van der Waals surface area contributed by atoms with Crippen LogP contribution in [-0.4, -0.2) is 23.3 Å². The third-order valence-electron chi connectivity index (χ3n) is 2.82. The molecule has 0 bridgehead atoms. The predicted molar refractivity (Wildman–Crippen MR) is 63.6 cm³/mol. The molecule has 1 atom stereocenters. The van der Waals surface area contributed by atoms with Gasteiger partial charge in [0.15, 0.2) is 11.6 Å². The van der Waals surface area contributed by atoms with Crippen molar-refractivity contribution >= 4 is 28.9 Å². The molecule has 2 rings (SSSR count). The fourth-order valence-electron chi connectivity index (χ4n) is 2.11. The van der Waals surface area contributed by atoms with E-state index in [0.29, 0.717) is 0 Å². The molecule has 1 aromatic rings. The zero-order valence-corrected chi connectivity index (χ0v) is 9.94. The topological polar surface area (TPSA) is 80.3 Å². The normalized spacial score (nSPS) is 17.6.